The van der Waals surface area contributed by atoms with Crippen LogP contribution in [0.5, 0.6) is 0 Å². The first kappa shape index (κ1) is 29.0. The van der Waals surface area contributed by atoms with Crippen LogP contribution in [0.3, 0.4) is 0 Å². The molecule has 238 valence electrons. The standard InChI is InChI=1S/C46H28N4O/c1-2-12-34-31(10-1)11-9-14-35(34)45-44-37-13-3-4-17-43(37)51-46(44)36-23-22-32(26-40(36)50-45)29-18-20-30(21-19-29)33-27-41(38-15-5-7-24-47-38)49-42(28-33)39-16-6-8-25-48-39/h1-28H. The number of nitrogens with zero attached hydrogens (tertiary/aromatic N) is 4. The minimum absolute atomic E-state index is 0.803. The number of benzene rings is 5. The second-order valence-corrected chi connectivity index (χ2v) is 12.7. The molecule has 0 spiro atoms. The maximum absolute atomic E-state index is 6.58. The maximum atomic E-state index is 6.58. The summed E-state index contributed by atoms with van der Waals surface area (Å²) in [4.78, 5) is 19.5. The second kappa shape index (κ2) is 11.9. The zero-order valence-electron chi connectivity index (χ0n) is 27.4. The number of aromatic nitrogens is 4. The SMILES string of the molecule is c1ccc(-c2cc(-c3ccc(-c4ccc5c(c4)nc(-c4cccc6ccccc46)c4c6ccccc6oc54)cc3)cc(-c3ccccn3)n2)nc1. The van der Waals surface area contributed by atoms with Crippen LogP contribution in [0.1, 0.15) is 0 Å². The van der Waals surface area contributed by atoms with E-state index in [0.29, 0.717) is 0 Å². The predicted octanol–water partition coefficient (Wildman–Crippen LogP) is 11.8. The summed E-state index contributed by atoms with van der Waals surface area (Å²) in [6, 6.07) is 54.2. The van der Waals surface area contributed by atoms with E-state index in [2.05, 4.69) is 119 Å². The number of furan rings is 1. The Morgan fingerprint density at radius 1 is 0.412 bits per heavy atom. The van der Waals surface area contributed by atoms with E-state index in [1.165, 1.54) is 10.8 Å². The Morgan fingerprint density at radius 3 is 1.76 bits per heavy atom. The van der Waals surface area contributed by atoms with E-state index >= 15 is 0 Å². The van der Waals surface area contributed by atoms with Crippen molar-refractivity contribution >= 4 is 43.6 Å². The van der Waals surface area contributed by atoms with Crippen LogP contribution in [0.15, 0.2) is 175 Å². The van der Waals surface area contributed by atoms with E-state index in [0.717, 1.165) is 89.1 Å². The first-order valence-electron chi connectivity index (χ1n) is 17.0. The monoisotopic (exact) mass is 652 g/mol. The molecule has 0 aliphatic carbocycles. The normalized spacial score (nSPS) is 11.5. The van der Waals surface area contributed by atoms with Crippen molar-refractivity contribution in [1.29, 1.82) is 0 Å². The van der Waals surface area contributed by atoms with Crippen LogP contribution in [0, 0.1) is 0 Å². The highest BCUT2D eigenvalue weighted by Gasteiger charge is 2.19. The highest BCUT2D eigenvalue weighted by Crippen LogP contribution is 2.42. The molecule has 5 aromatic heterocycles. The summed E-state index contributed by atoms with van der Waals surface area (Å²) in [5, 5.41) is 5.45. The molecule has 10 aromatic rings. The topological polar surface area (TPSA) is 64.7 Å². The predicted molar refractivity (Wildman–Crippen MR) is 207 cm³/mol. The van der Waals surface area contributed by atoms with Crippen molar-refractivity contribution < 1.29 is 4.42 Å². The van der Waals surface area contributed by atoms with Gasteiger partial charge in [0, 0.05) is 28.7 Å². The molecule has 0 unspecified atom stereocenters. The number of rotatable bonds is 5. The lowest BCUT2D eigenvalue weighted by molar-refractivity contribution is 0.672. The lowest BCUT2D eigenvalue weighted by atomic mass is 9.96. The summed E-state index contributed by atoms with van der Waals surface area (Å²) in [7, 11) is 0. The van der Waals surface area contributed by atoms with Crippen LogP contribution in [0.25, 0.3) is 99.9 Å². The van der Waals surface area contributed by atoms with Crippen molar-refractivity contribution in [2.45, 2.75) is 0 Å². The van der Waals surface area contributed by atoms with Crippen LogP contribution in [-0.4, -0.2) is 19.9 Å². The van der Waals surface area contributed by atoms with E-state index in [1.54, 1.807) is 12.4 Å². The van der Waals surface area contributed by atoms with Gasteiger partial charge in [-0.15, -0.1) is 0 Å². The molecule has 5 aromatic carbocycles. The van der Waals surface area contributed by atoms with Crippen LogP contribution in [0.4, 0.5) is 0 Å². The van der Waals surface area contributed by atoms with Crippen LogP contribution in [-0.2, 0) is 0 Å². The average Bonchev–Trinajstić information content (AvgIpc) is 3.61. The Bertz CT molecular complexity index is 2840. The fourth-order valence-corrected chi connectivity index (χ4v) is 7.11. The minimum atomic E-state index is 0.803. The van der Waals surface area contributed by atoms with Gasteiger partial charge in [0.2, 0.25) is 0 Å². The molecule has 5 heteroatoms. The van der Waals surface area contributed by atoms with E-state index in [4.69, 9.17) is 14.4 Å². The Hall–Kier alpha value is -6.98. The van der Waals surface area contributed by atoms with Crippen LogP contribution >= 0.6 is 0 Å². The number of hydrogen-bond acceptors (Lipinski definition) is 5. The molecule has 0 fully saturated rings. The summed E-state index contributed by atoms with van der Waals surface area (Å²) in [6.45, 7) is 0. The number of hydrogen-bond donors (Lipinski definition) is 0. The van der Waals surface area contributed by atoms with Crippen molar-refractivity contribution in [1.82, 2.24) is 19.9 Å². The van der Waals surface area contributed by atoms with E-state index < -0.39 is 0 Å². The molecular weight excluding hydrogens is 625 g/mol. The molecule has 10 rings (SSSR count). The van der Waals surface area contributed by atoms with Crippen molar-refractivity contribution in [2.24, 2.45) is 0 Å². The van der Waals surface area contributed by atoms with E-state index in [9.17, 15) is 0 Å². The number of para-hydroxylation sites is 1. The van der Waals surface area contributed by atoms with Crippen molar-refractivity contribution in [2.75, 3.05) is 0 Å². The van der Waals surface area contributed by atoms with Gasteiger partial charge in [-0.05, 0) is 87.6 Å². The zero-order chi connectivity index (χ0) is 33.7. The minimum Gasteiger partial charge on any atom is -0.455 e. The lowest BCUT2D eigenvalue weighted by Crippen LogP contribution is -1.94. The molecule has 0 radical (unpaired) electrons. The van der Waals surface area contributed by atoms with E-state index in [-0.39, 0.29) is 0 Å². The Kier molecular flexibility index (Phi) is 6.74. The molecule has 0 bridgehead atoms. The zero-order valence-corrected chi connectivity index (χ0v) is 27.4. The molecule has 0 aliphatic heterocycles. The Labute approximate surface area is 293 Å². The molecule has 0 amide bonds. The fourth-order valence-electron chi connectivity index (χ4n) is 7.11. The van der Waals surface area contributed by atoms with E-state index in [1.807, 2.05) is 48.5 Å². The van der Waals surface area contributed by atoms with Gasteiger partial charge >= 0.3 is 0 Å². The summed E-state index contributed by atoms with van der Waals surface area (Å²) >= 11 is 0. The molecule has 0 aliphatic rings. The van der Waals surface area contributed by atoms with Gasteiger partial charge in [0.25, 0.3) is 0 Å². The van der Waals surface area contributed by atoms with Gasteiger partial charge in [0.05, 0.1) is 39.4 Å². The third-order valence-electron chi connectivity index (χ3n) is 9.58. The van der Waals surface area contributed by atoms with Crippen LogP contribution in [0.2, 0.25) is 0 Å². The molecular formula is C46H28N4O. The molecule has 5 heterocycles. The third kappa shape index (κ3) is 5.03. The summed E-state index contributed by atoms with van der Waals surface area (Å²) < 4.78 is 6.58. The first-order valence-corrected chi connectivity index (χ1v) is 17.0. The highest BCUT2D eigenvalue weighted by molar-refractivity contribution is 6.21. The van der Waals surface area contributed by atoms with Crippen LogP contribution < -0.4 is 0 Å². The van der Waals surface area contributed by atoms with Crippen molar-refractivity contribution in [3.05, 3.63) is 170 Å². The molecule has 0 atom stereocenters. The largest absolute Gasteiger partial charge is 0.455 e. The van der Waals surface area contributed by atoms with Gasteiger partial charge in [0.1, 0.15) is 11.2 Å². The summed E-state index contributed by atoms with van der Waals surface area (Å²) in [6.07, 6.45) is 3.59. The Balaban J connectivity index is 1.10. The van der Waals surface area contributed by atoms with Gasteiger partial charge in [-0.2, -0.15) is 0 Å². The second-order valence-electron chi connectivity index (χ2n) is 12.7. The summed E-state index contributed by atoms with van der Waals surface area (Å²) in [5.74, 6) is 0. The Morgan fingerprint density at radius 2 is 1.04 bits per heavy atom. The van der Waals surface area contributed by atoms with Gasteiger partial charge in [0.15, 0.2) is 0 Å². The summed E-state index contributed by atoms with van der Waals surface area (Å²) in [5.41, 5.74) is 12.2. The van der Waals surface area contributed by atoms with Gasteiger partial charge in [-0.3, -0.25) is 9.97 Å². The smallest absolute Gasteiger partial charge is 0.147 e. The first-order chi connectivity index (χ1) is 25.3. The maximum Gasteiger partial charge on any atom is 0.147 e. The highest BCUT2D eigenvalue weighted by atomic mass is 16.3. The average molecular weight is 653 g/mol. The molecule has 5 nitrogen and oxygen atoms in total. The van der Waals surface area contributed by atoms with Gasteiger partial charge in [-0.1, -0.05) is 103 Å². The fraction of sp³-hybridized carbons (Fsp3) is 0. The van der Waals surface area contributed by atoms with Crippen molar-refractivity contribution in [3.63, 3.8) is 0 Å². The van der Waals surface area contributed by atoms with Crippen molar-refractivity contribution in [3.8, 4) is 56.3 Å². The quantitative estimate of drug-likeness (QED) is 0.185. The lowest BCUT2D eigenvalue weighted by Gasteiger charge is -2.12. The third-order valence-corrected chi connectivity index (χ3v) is 9.58. The molecule has 51 heavy (non-hydrogen) atoms. The number of fused-ring (bicyclic) bond motifs is 6. The van der Waals surface area contributed by atoms with Gasteiger partial charge < -0.3 is 4.42 Å². The number of pyridine rings is 4. The molecule has 0 saturated carbocycles. The molecule has 0 N–H and O–H groups in total. The molecule has 0 saturated heterocycles. The van der Waals surface area contributed by atoms with Gasteiger partial charge in [-0.25, -0.2) is 9.97 Å².